The first-order valence-corrected chi connectivity index (χ1v) is 7.02. The van der Waals surface area contributed by atoms with E-state index in [1.54, 1.807) is 12.1 Å². The van der Waals surface area contributed by atoms with Crippen molar-refractivity contribution in [3.63, 3.8) is 0 Å². The Morgan fingerprint density at radius 1 is 1.33 bits per heavy atom. The molecule has 1 heterocycles. The summed E-state index contributed by atoms with van der Waals surface area (Å²) in [5.41, 5.74) is 0.0961. The molecular formula is C13H13F2NO4S. The van der Waals surface area contributed by atoms with E-state index in [-0.39, 0.29) is 35.4 Å². The average molecular weight is 317 g/mol. The molecule has 1 aromatic rings. The van der Waals surface area contributed by atoms with E-state index in [1.807, 2.05) is 0 Å². The number of carboxylic acids is 1. The lowest BCUT2D eigenvalue weighted by Crippen LogP contribution is -2.42. The number of amides is 1. The molecule has 1 amide bonds. The second-order valence-corrected chi connectivity index (χ2v) is 5.47. The minimum absolute atomic E-state index is 0.0215. The molecule has 1 aliphatic rings. The van der Waals surface area contributed by atoms with Crippen molar-refractivity contribution in [1.29, 1.82) is 0 Å². The van der Waals surface area contributed by atoms with Crippen LogP contribution in [0.2, 0.25) is 0 Å². The third kappa shape index (κ3) is 3.92. The summed E-state index contributed by atoms with van der Waals surface area (Å²) in [6, 6.07) is 5.29. The van der Waals surface area contributed by atoms with Gasteiger partial charge in [0.25, 0.3) is 11.7 Å². The topological polar surface area (TPSA) is 75.6 Å². The van der Waals surface area contributed by atoms with Crippen LogP contribution in [-0.4, -0.2) is 42.0 Å². The number of hydrogen-bond donors (Lipinski definition) is 2. The van der Waals surface area contributed by atoms with E-state index in [9.17, 15) is 18.4 Å². The maximum atomic E-state index is 12.5. The van der Waals surface area contributed by atoms with Crippen LogP contribution in [0.5, 0.6) is 0 Å². The molecule has 0 aliphatic carbocycles. The summed E-state index contributed by atoms with van der Waals surface area (Å²) in [7, 11) is 0. The summed E-state index contributed by atoms with van der Waals surface area (Å²) in [5.74, 6) is -5.11. The fourth-order valence-corrected chi connectivity index (χ4v) is 2.68. The van der Waals surface area contributed by atoms with E-state index < -0.39 is 29.6 Å². The Morgan fingerprint density at radius 2 is 2.05 bits per heavy atom. The van der Waals surface area contributed by atoms with Gasteiger partial charge in [0.05, 0.1) is 24.8 Å². The second kappa shape index (κ2) is 6.86. The molecule has 8 heteroatoms. The Labute approximate surface area is 123 Å². The Balaban J connectivity index is 2.12. The predicted molar refractivity (Wildman–Crippen MR) is 71.5 cm³/mol. The number of benzene rings is 1. The quantitative estimate of drug-likeness (QED) is 0.810. The van der Waals surface area contributed by atoms with Crippen LogP contribution in [0.3, 0.4) is 0 Å². The van der Waals surface area contributed by atoms with Crippen molar-refractivity contribution in [2.45, 2.75) is 16.7 Å². The molecule has 1 fully saturated rings. The molecule has 0 aromatic heterocycles. The number of alkyl halides is 2. The molecule has 5 nitrogen and oxygen atoms in total. The summed E-state index contributed by atoms with van der Waals surface area (Å²) >= 11 is 0.277. The number of aliphatic carboxylic acids is 1. The molecule has 2 atom stereocenters. The summed E-state index contributed by atoms with van der Waals surface area (Å²) in [6.07, 6.45) is 0. The largest absolute Gasteiger partial charge is 0.481 e. The molecule has 114 valence electrons. The Kier molecular flexibility index (Phi) is 5.13. The number of ether oxygens (including phenoxy) is 1. The standard InChI is InChI=1S/C13H13F2NO4S/c14-13(15)21-10-4-2-1-3-7(10)11(17)16-9-6-20-5-8(9)12(18)19/h1-4,8-9,13H,5-6H2,(H,16,17)(H,18,19). The van der Waals surface area contributed by atoms with E-state index >= 15 is 0 Å². The van der Waals surface area contributed by atoms with E-state index in [0.717, 1.165) is 0 Å². The number of carbonyl (C=O) groups excluding carboxylic acids is 1. The zero-order valence-corrected chi connectivity index (χ0v) is 11.6. The smallest absolute Gasteiger partial charge is 0.311 e. The van der Waals surface area contributed by atoms with Gasteiger partial charge in [0.1, 0.15) is 5.92 Å². The van der Waals surface area contributed by atoms with E-state index in [1.165, 1.54) is 12.1 Å². The van der Waals surface area contributed by atoms with Crippen molar-refractivity contribution in [1.82, 2.24) is 5.32 Å². The van der Waals surface area contributed by atoms with Crippen LogP contribution < -0.4 is 5.32 Å². The van der Waals surface area contributed by atoms with Crippen LogP contribution in [0, 0.1) is 5.92 Å². The molecule has 2 N–H and O–H groups in total. The van der Waals surface area contributed by atoms with Gasteiger partial charge in [-0.15, -0.1) is 0 Å². The van der Waals surface area contributed by atoms with Gasteiger partial charge in [-0.2, -0.15) is 8.78 Å². The highest BCUT2D eigenvalue weighted by Crippen LogP contribution is 2.28. The van der Waals surface area contributed by atoms with Gasteiger partial charge < -0.3 is 15.2 Å². The van der Waals surface area contributed by atoms with Crippen molar-refractivity contribution in [2.75, 3.05) is 13.2 Å². The van der Waals surface area contributed by atoms with Gasteiger partial charge in [-0.3, -0.25) is 9.59 Å². The highest BCUT2D eigenvalue weighted by atomic mass is 32.2. The van der Waals surface area contributed by atoms with Gasteiger partial charge >= 0.3 is 5.97 Å². The fraction of sp³-hybridized carbons (Fsp3) is 0.385. The van der Waals surface area contributed by atoms with Gasteiger partial charge in [-0.1, -0.05) is 23.9 Å². The van der Waals surface area contributed by atoms with Crippen molar-refractivity contribution in [3.8, 4) is 0 Å². The molecule has 1 aromatic carbocycles. The Bertz CT molecular complexity index is 541. The highest BCUT2D eigenvalue weighted by molar-refractivity contribution is 7.99. The minimum Gasteiger partial charge on any atom is -0.481 e. The van der Waals surface area contributed by atoms with Crippen LogP contribution in [0.25, 0.3) is 0 Å². The molecule has 0 radical (unpaired) electrons. The number of halogens is 2. The monoisotopic (exact) mass is 317 g/mol. The summed E-state index contributed by atoms with van der Waals surface area (Å²) in [6.45, 7) is 0.112. The SMILES string of the molecule is O=C(NC1COCC1C(=O)O)c1ccccc1SC(F)F. The molecule has 0 spiro atoms. The van der Waals surface area contributed by atoms with Crippen LogP contribution in [0.15, 0.2) is 29.2 Å². The third-order valence-corrected chi connectivity index (χ3v) is 3.85. The number of carboxylic acid groups (broad SMARTS) is 1. The molecule has 21 heavy (non-hydrogen) atoms. The fourth-order valence-electron chi connectivity index (χ4n) is 2.04. The first-order chi connectivity index (χ1) is 9.99. The van der Waals surface area contributed by atoms with E-state index in [0.29, 0.717) is 0 Å². The average Bonchev–Trinajstić information content (AvgIpc) is 2.86. The maximum Gasteiger partial charge on any atom is 0.311 e. The second-order valence-electron chi connectivity index (χ2n) is 4.44. The third-order valence-electron chi connectivity index (χ3n) is 3.06. The minimum atomic E-state index is -2.64. The summed E-state index contributed by atoms with van der Waals surface area (Å²) in [5, 5.41) is 11.5. The van der Waals surface area contributed by atoms with Crippen LogP contribution >= 0.6 is 11.8 Å². The maximum absolute atomic E-state index is 12.5. The molecule has 2 rings (SSSR count). The zero-order chi connectivity index (χ0) is 15.4. The van der Waals surface area contributed by atoms with Crippen LogP contribution in [0.1, 0.15) is 10.4 Å². The molecule has 0 bridgehead atoms. The molecule has 0 saturated carbocycles. The lowest BCUT2D eigenvalue weighted by molar-refractivity contribution is -0.142. The highest BCUT2D eigenvalue weighted by Gasteiger charge is 2.35. The normalized spacial score (nSPS) is 21.5. The first kappa shape index (κ1) is 15.7. The van der Waals surface area contributed by atoms with Gasteiger partial charge in [0.2, 0.25) is 0 Å². The van der Waals surface area contributed by atoms with Crippen molar-refractivity contribution >= 4 is 23.6 Å². The van der Waals surface area contributed by atoms with Crippen molar-refractivity contribution in [3.05, 3.63) is 29.8 Å². The zero-order valence-electron chi connectivity index (χ0n) is 10.8. The number of rotatable bonds is 5. The predicted octanol–water partition coefficient (Wildman–Crippen LogP) is 1.83. The van der Waals surface area contributed by atoms with Crippen molar-refractivity contribution < 1.29 is 28.2 Å². The van der Waals surface area contributed by atoms with E-state index in [4.69, 9.17) is 9.84 Å². The number of carbonyl (C=O) groups is 2. The lowest BCUT2D eigenvalue weighted by Gasteiger charge is -2.16. The number of thioether (sulfide) groups is 1. The summed E-state index contributed by atoms with van der Waals surface area (Å²) in [4.78, 5) is 23.3. The van der Waals surface area contributed by atoms with Crippen LogP contribution in [0.4, 0.5) is 8.78 Å². The van der Waals surface area contributed by atoms with Gasteiger partial charge in [-0.05, 0) is 12.1 Å². The molecule has 1 aliphatic heterocycles. The number of nitrogens with one attached hydrogen (secondary N) is 1. The molecule has 1 saturated heterocycles. The van der Waals surface area contributed by atoms with Gasteiger partial charge in [-0.25, -0.2) is 0 Å². The molecule has 2 unspecified atom stereocenters. The van der Waals surface area contributed by atoms with Crippen molar-refractivity contribution in [2.24, 2.45) is 5.92 Å². The number of hydrogen-bond acceptors (Lipinski definition) is 4. The lowest BCUT2D eigenvalue weighted by atomic mass is 10.0. The Morgan fingerprint density at radius 3 is 2.71 bits per heavy atom. The van der Waals surface area contributed by atoms with E-state index in [2.05, 4.69) is 5.32 Å². The van der Waals surface area contributed by atoms with Gasteiger partial charge in [0, 0.05) is 4.90 Å². The van der Waals surface area contributed by atoms with Gasteiger partial charge in [0.15, 0.2) is 0 Å². The summed E-state index contributed by atoms with van der Waals surface area (Å²) < 4.78 is 30.0. The van der Waals surface area contributed by atoms with Crippen LogP contribution in [-0.2, 0) is 9.53 Å². The molecular weight excluding hydrogens is 304 g/mol. The first-order valence-electron chi connectivity index (χ1n) is 6.14. The Hall–Kier alpha value is -1.67.